The Bertz CT molecular complexity index is 375. The summed E-state index contributed by atoms with van der Waals surface area (Å²) in [7, 11) is 0. The van der Waals surface area contributed by atoms with E-state index in [1.165, 1.54) is 0 Å². The molecule has 0 bridgehead atoms. The maximum absolute atomic E-state index is 12.2. The van der Waals surface area contributed by atoms with Gasteiger partial charge in [0.25, 0.3) is 5.91 Å². The second-order valence-corrected chi connectivity index (χ2v) is 4.72. The van der Waals surface area contributed by atoms with Gasteiger partial charge in [0.1, 0.15) is 0 Å². The zero-order valence-electron chi connectivity index (χ0n) is 9.55. The molecule has 0 aliphatic rings. The van der Waals surface area contributed by atoms with Crippen LogP contribution < -0.4 is 0 Å². The van der Waals surface area contributed by atoms with Gasteiger partial charge in [0, 0.05) is 19.0 Å². The van der Waals surface area contributed by atoms with Crippen molar-refractivity contribution in [3.63, 3.8) is 0 Å². The van der Waals surface area contributed by atoms with Crippen molar-refractivity contribution in [2.45, 2.75) is 13.3 Å². The molecule has 0 aliphatic heterocycles. The van der Waals surface area contributed by atoms with Crippen molar-refractivity contribution in [2.24, 2.45) is 0 Å². The molecule has 5 heteroatoms. The second-order valence-electron chi connectivity index (χ2n) is 3.52. The SMILES string of the molecule is CCN(CCCCl)C(=O)c1c(Cl)cccc1Cl. The van der Waals surface area contributed by atoms with E-state index in [1.54, 1.807) is 23.1 Å². The third-order valence-corrected chi connectivity index (χ3v) is 3.30. The molecule has 0 aliphatic carbocycles. The van der Waals surface area contributed by atoms with Gasteiger partial charge in [-0.15, -0.1) is 11.6 Å². The number of benzene rings is 1. The fraction of sp³-hybridized carbons (Fsp3) is 0.417. The van der Waals surface area contributed by atoms with Crippen LogP contribution in [0.3, 0.4) is 0 Å². The Kier molecular flexibility index (Phi) is 6.10. The molecule has 0 radical (unpaired) electrons. The van der Waals surface area contributed by atoms with Crippen LogP contribution in [0, 0.1) is 0 Å². The van der Waals surface area contributed by atoms with E-state index in [4.69, 9.17) is 34.8 Å². The molecule has 2 nitrogen and oxygen atoms in total. The zero-order valence-corrected chi connectivity index (χ0v) is 11.8. The van der Waals surface area contributed by atoms with E-state index in [0.29, 0.717) is 34.6 Å². The van der Waals surface area contributed by atoms with E-state index in [2.05, 4.69) is 0 Å². The Morgan fingerprint density at radius 2 is 1.88 bits per heavy atom. The van der Waals surface area contributed by atoms with Crippen molar-refractivity contribution in [2.75, 3.05) is 19.0 Å². The number of alkyl halides is 1. The zero-order chi connectivity index (χ0) is 12.8. The molecule has 0 saturated heterocycles. The third kappa shape index (κ3) is 3.77. The Morgan fingerprint density at radius 3 is 2.35 bits per heavy atom. The topological polar surface area (TPSA) is 20.3 Å². The number of amides is 1. The van der Waals surface area contributed by atoms with Crippen LogP contribution in [0.4, 0.5) is 0 Å². The summed E-state index contributed by atoms with van der Waals surface area (Å²) >= 11 is 17.6. The molecule has 94 valence electrons. The molecule has 0 saturated carbocycles. The standard InChI is InChI=1S/C12H14Cl3NO/c1-2-16(8-4-7-13)12(17)11-9(14)5-3-6-10(11)15/h3,5-6H,2,4,7-8H2,1H3. The van der Waals surface area contributed by atoms with Gasteiger partial charge in [0.15, 0.2) is 0 Å². The van der Waals surface area contributed by atoms with Crippen LogP contribution in [-0.2, 0) is 0 Å². The summed E-state index contributed by atoms with van der Waals surface area (Å²) in [6, 6.07) is 5.04. The smallest absolute Gasteiger partial charge is 0.256 e. The lowest BCUT2D eigenvalue weighted by atomic mass is 10.2. The number of halogens is 3. The van der Waals surface area contributed by atoms with Gasteiger partial charge in [-0.2, -0.15) is 0 Å². The highest BCUT2D eigenvalue weighted by Gasteiger charge is 2.19. The number of carbonyl (C=O) groups is 1. The highest BCUT2D eigenvalue weighted by Crippen LogP contribution is 2.25. The Labute approximate surface area is 116 Å². The van der Waals surface area contributed by atoms with Gasteiger partial charge >= 0.3 is 0 Å². The summed E-state index contributed by atoms with van der Waals surface area (Å²) in [5.41, 5.74) is 0.368. The molecule has 0 spiro atoms. The highest BCUT2D eigenvalue weighted by molar-refractivity contribution is 6.39. The minimum atomic E-state index is -0.145. The van der Waals surface area contributed by atoms with Gasteiger partial charge < -0.3 is 4.90 Å². The lowest BCUT2D eigenvalue weighted by Gasteiger charge is -2.21. The maximum atomic E-state index is 12.2. The summed E-state index contributed by atoms with van der Waals surface area (Å²) in [6.07, 6.45) is 0.753. The van der Waals surface area contributed by atoms with Crippen LogP contribution in [0.1, 0.15) is 23.7 Å². The van der Waals surface area contributed by atoms with Crippen molar-refractivity contribution in [1.29, 1.82) is 0 Å². The van der Waals surface area contributed by atoms with Crippen LogP contribution in [0.5, 0.6) is 0 Å². The van der Waals surface area contributed by atoms with E-state index in [9.17, 15) is 4.79 Å². The monoisotopic (exact) mass is 293 g/mol. The molecule has 1 aromatic rings. The molecule has 0 aromatic heterocycles. The van der Waals surface area contributed by atoms with Crippen molar-refractivity contribution < 1.29 is 4.79 Å². The number of nitrogens with zero attached hydrogens (tertiary/aromatic N) is 1. The molecule has 1 rings (SSSR count). The quantitative estimate of drug-likeness (QED) is 0.749. The number of hydrogen-bond donors (Lipinski definition) is 0. The van der Waals surface area contributed by atoms with Crippen molar-refractivity contribution >= 4 is 40.7 Å². The van der Waals surface area contributed by atoms with Crippen LogP contribution in [-0.4, -0.2) is 29.8 Å². The van der Waals surface area contributed by atoms with E-state index < -0.39 is 0 Å². The van der Waals surface area contributed by atoms with Crippen molar-refractivity contribution in [3.8, 4) is 0 Å². The summed E-state index contributed by atoms with van der Waals surface area (Å²) in [5, 5.41) is 0.763. The average molecular weight is 295 g/mol. The molecule has 17 heavy (non-hydrogen) atoms. The van der Waals surface area contributed by atoms with Crippen molar-refractivity contribution in [1.82, 2.24) is 4.90 Å². The van der Waals surface area contributed by atoms with Crippen LogP contribution >= 0.6 is 34.8 Å². The summed E-state index contributed by atoms with van der Waals surface area (Å²) < 4.78 is 0. The minimum absolute atomic E-state index is 0.145. The van der Waals surface area contributed by atoms with Gasteiger partial charge in [-0.3, -0.25) is 4.79 Å². The molecule has 0 unspecified atom stereocenters. The number of carbonyl (C=O) groups excluding carboxylic acids is 1. The fourth-order valence-corrected chi connectivity index (χ4v) is 2.19. The first kappa shape index (κ1) is 14.6. The Morgan fingerprint density at radius 1 is 1.29 bits per heavy atom. The second kappa shape index (κ2) is 7.10. The van der Waals surface area contributed by atoms with Crippen LogP contribution in [0.25, 0.3) is 0 Å². The van der Waals surface area contributed by atoms with Gasteiger partial charge in [-0.1, -0.05) is 29.3 Å². The molecular weight excluding hydrogens is 280 g/mol. The first-order valence-electron chi connectivity index (χ1n) is 5.41. The first-order chi connectivity index (χ1) is 8.11. The Hall–Kier alpha value is -0.440. The predicted molar refractivity (Wildman–Crippen MR) is 73.4 cm³/mol. The van der Waals surface area contributed by atoms with E-state index in [0.717, 1.165) is 6.42 Å². The van der Waals surface area contributed by atoms with Gasteiger partial charge in [-0.25, -0.2) is 0 Å². The highest BCUT2D eigenvalue weighted by atomic mass is 35.5. The molecule has 0 N–H and O–H groups in total. The average Bonchev–Trinajstić information content (AvgIpc) is 2.30. The molecule has 0 heterocycles. The van der Waals surface area contributed by atoms with E-state index in [1.807, 2.05) is 6.92 Å². The molecule has 1 amide bonds. The molecule has 0 fully saturated rings. The van der Waals surface area contributed by atoms with Crippen molar-refractivity contribution in [3.05, 3.63) is 33.8 Å². The Balaban J connectivity index is 2.93. The van der Waals surface area contributed by atoms with Crippen LogP contribution in [0.15, 0.2) is 18.2 Å². The predicted octanol–water partition coefficient (Wildman–Crippen LogP) is 4.08. The summed E-state index contributed by atoms with van der Waals surface area (Å²) in [4.78, 5) is 13.9. The molecule has 1 aromatic carbocycles. The first-order valence-corrected chi connectivity index (χ1v) is 6.70. The van der Waals surface area contributed by atoms with E-state index >= 15 is 0 Å². The largest absolute Gasteiger partial charge is 0.339 e. The normalized spacial score (nSPS) is 10.4. The molecular formula is C12H14Cl3NO. The lowest BCUT2D eigenvalue weighted by molar-refractivity contribution is 0.0765. The van der Waals surface area contributed by atoms with E-state index in [-0.39, 0.29) is 5.91 Å². The van der Waals surface area contributed by atoms with Gasteiger partial charge in [0.05, 0.1) is 15.6 Å². The van der Waals surface area contributed by atoms with Crippen LogP contribution in [0.2, 0.25) is 10.0 Å². The number of hydrogen-bond acceptors (Lipinski definition) is 1. The molecule has 0 atom stereocenters. The third-order valence-electron chi connectivity index (χ3n) is 2.41. The summed E-state index contributed by atoms with van der Waals surface area (Å²) in [6.45, 7) is 3.13. The summed E-state index contributed by atoms with van der Waals surface area (Å²) in [5.74, 6) is 0.383. The number of rotatable bonds is 5. The maximum Gasteiger partial charge on any atom is 0.256 e. The van der Waals surface area contributed by atoms with Gasteiger partial charge in [0.2, 0.25) is 0 Å². The fourth-order valence-electron chi connectivity index (χ4n) is 1.51. The lowest BCUT2D eigenvalue weighted by Crippen LogP contribution is -2.32. The van der Waals surface area contributed by atoms with Gasteiger partial charge in [-0.05, 0) is 25.5 Å². The minimum Gasteiger partial charge on any atom is -0.339 e.